The van der Waals surface area contributed by atoms with Crippen molar-refractivity contribution in [1.82, 2.24) is 14.9 Å². The molecule has 0 radical (unpaired) electrons. The van der Waals surface area contributed by atoms with E-state index in [2.05, 4.69) is 9.88 Å². The van der Waals surface area contributed by atoms with E-state index in [4.69, 9.17) is 4.98 Å². The van der Waals surface area contributed by atoms with E-state index < -0.39 is 4.92 Å². The molecule has 8 nitrogen and oxygen atoms in total. The monoisotopic (exact) mass is 423 g/mol. The molecule has 4 rings (SSSR count). The molecule has 1 aromatic heterocycles. The van der Waals surface area contributed by atoms with E-state index in [0.717, 1.165) is 36.6 Å². The van der Waals surface area contributed by atoms with Crippen LogP contribution in [0.4, 0.5) is 11.5 Å². The number of aromatic nitrogens is 2. The number of aryl methyl sites for hydroxylation is 1. The molecule has 8 heteroatoms. The third kappa shape index (κ3) is 5.00. The van der Waals surface area contributed by atoms with Crippen LogP contribution in [-0.2, 0) is 11.2 Å². The number of hydrogen-bond donors (Lipinski definition) is 0. The van der Waals surface area contributed by atoms with Crippen molar-refractivity contribution in [3.05, 3.63) is 46.1 Å². The molecule has 1 saturated heterocycles. The number of nitrogens with zero attached hydrogens (tertiary/aromatic N) is 5. The topological polar surface area (TPSA) is 92.5 Å². The number of nitro groups is 1. The molecule has 1 saturated carbocycles. The van der Waals surface area contributed by atoms with Gasteiger partial charge in [0.2, 0.25) is 5.91 Å². The van der Waals surface area contributed by atoms with Gasteiger partial charge >= 0.3 is 0 Å². The van der Waals surface area contributed by atoms with Crippen molar-refractivity contribution in [2.75, 3.05) is 31.1 Å². The molecule has 2 heterocycles. The Morgan fingerprint density at radius 1 is 1.10 bits per heavy atom. The van der Waals surface area contributed by atoms with Crippen molar-refractivity contribution in [3.8, 4) is 11.4 Å². The van der Waals surface area contributed by atoms with Crippen molar-refractivity contribution in [2.24, 2.45) is 5.92 Å². The van der Waals surface area contributed by atoms with E-state index in [9.17, 15) is 14.9 Å². The highest BCUT2D eigenvalue weighted by Crippen LogP contribution is 2.28. The van der Waals surface area contributed by atoms with Crippen LogP contribution < -0.4 is 4.90 Å². The molecule has 2 fully saturated rings. The Hall–Kier alpha value is -3.03. The molecule has 1 aliphatic heterocycles. The Kier molecular flexibility index (Phi) is 6.44. The first-order valence-electron chi connectivity index (χ1n) is 11.2. The second kappa shape index (κ2) is 9.41. The van der Waals surface area contributed by atoms with Gasteiger partial charge in [0.15, 0.2) is 5.82 Å². The van der Waals surface area contributed by atoms with Crippen LogP contribution in [0.25, 0.3) is 11.4 Å². The molecule has 2 aliphatic rings. The van der Waals surface area contributed by atoms with Gasteiger partial charge in [0, 0.05) is 62.1 Å². The molecule has 2 aromatic rings. The average molecular weight is 424 g/mol. The van der Waals surface area contributed by atoms with Crippen LogP contribution >= 0.6 is 0 Å². The van der Waals surface area contributed by atoms with E-state index in [-0.39, 0.29) is 11.6 Å². The Morgan fingerprint density at radius 2 is 1.77 bits per heavy atom. The van der Waals surface area contributed by atoms with Crippen molar-refractivity contribution < 1.29 is 9.72 Å². The second-order valence-electron chi connectivity index (χ2n) is 8.42. The van der Waals surface area contributed by atoms with E-state index in [1.165, 1.54) is 37.8 Å². The van der Waals surface area contributed by atoms with Gasteiger partial charge in [0.25, 0.3) is 5.69 Å². The molecular weight excluding hydrogens is 394 g/mol. The Balaban J connectivity index is 1.45. The average Bonchev–Trinajstić information content (AvgIpc) is 3.32. The van der Waals surface area contributed by atoms with Gasteiger partial charge in [0.05, 0.1) is 4.92 Å². The maximum absolute atomic E-state index is 12.6. The van der Waals surface area contributed by atoms with Crippen molar-refractivity contribution >= 4 is 17.4 Å². The van der Waals surface area contributed by atoms with E-state index in [1.807, 2.05) is 17.9 Å². The first-order chi connectivity index (χ1) is 15.0. The van der Waals surface area contributed by atoms with Crippen LogP contribution in [0.2, 0.25) is 0 Å². The van der Waals surface area contributed by atoms with Gasteiger partial charge < -0.3 is 9.80 Å². The molecule has 31 heavy (non-hydrogen) atoms. The van der Waals surface area contributed by atoms with E-state index in [0.29, 0.717) is 31.3 Å². The maximum atomic E-state index is 12.6. The molecule has 1 aliphatic carbocycles. The Labute approximate surface area is 182 Å². The highest BCUT2D eigenvalue weighted by Gasteiger charge is 2.26. The molecule has 164 valence electrons. The Morgan fingerprint density at radius 3 is 2.39 bits per heavy atom. The van der Waals surface area contributed by atoms with Crippen LogP contribution in [0.1, 0.15) is 44.7 Å². The minimum Gasteiger partial charge on any atom is -0.353 e. The SMILES string of the molecule is CCc1cc(N2CCN(C(=O)CC3CCCC3)CC2)nc(-c2ccc([N+](=O)[O-])cc2)n1. The molecule has 0 bridgehead atoms. The molecular formula is C23H29N5O3. The van der Waals surface area contributed by atoms with Crippen molar-refractivity contribution in [2.45, 2.75) is 45.4 Å². The quantitative estimate of drug-likeness (QED) is 0.518. The van der Waals surface area contributed by atoms with Gasteiger partial charge in [0.1, 0.15) is 5.82 Å². The summed E-state index contributed by atoms with van der Waals surface area (Å²) in [5.41, 5.74) is 1.74. The lowest BCUT2D eigenvalue weighted by Gasteiger charge is -2.36. The number of amides is 1. The third-order valence-electron chi connectivity index (χ3n) is 6.36. The van der Waals surface area contributed by atoms with Gasteiger partial charge in [-0.2, -0.15) is 0 Å². The summed E-state index contributed by atoms with van der Waals surface area (Å²) in [5, 5.41) is 10.9. The number of anilines is 1. The number of piperazine rings is 1. The van der Waals surface area contributed by atoms with Gasteiger partial charge in [-0.1, -0.05) is 19.8 Å². The van der Waals surface area contributed by atoms with Crippen LogP contribution in [0, 0.1) is 16.0 Å². The fourth-order valence-electron chi connectivity index (χ4n) is 4.46. The number of hydrogen-bond acceptors (Lipinski definition) is 6. The lowest BCUT2D eigenvalue weighted by molar-refractivity contribution is -0.384. The van der Waals surface area contributed by atoms with E-state index in [1.54, 1.807) is 12.1 Å². The summed E-state index contributed by atoms with van der Waals surface area (Å²) in [4.78, 5) is 36.7. The predicted molar refractivity (Wildman–Crippen MR) is 119 cm³/mol. The number of carbonyl (C=O) groups is 1. The molecule has 0 unspecified atom stereocenters. The maximum Gasteiger partial charge on any atom is 0.269 e. The first-order valence-corrected chi connectivity index (χ1v) is 11.2. The minimum atomic E-state index is -0.411. The van der Waals surface area contributed by atoms with Crippen molar-refractivity contribution in [1.29, 1.82) is 0 Å². The number of carbonyl (C=O) groups excluding carboxylic acids is 1. The van der Waals surface area contributed by atoms with Crippen molar-refractivity contribution in [3.63, 3.8) is 0 Å². The van der Waals surface area contributed by atoms with Gasteiger partial charge in [-0.05, 0) is 37.3 Å². The van der Waals surface area contributed by atoms with Gasteiger partial charge in [-0.3, -0.25) is 14.9 Å². The van der Waals surface area contributed by atoms with Gasteiger partial charge in [-0.15, -0.1) is 0 Å². The van der Waals surface area contributed by atoms with Crippen LogP contribution in [0.3, 0.4) is 0 Å². The van der Waals surface area contributed by atoms with Crippen LogP contribution in [0.15, 0.2) is 30.3 Å². The summed E-state index contributed by atoms with van der Waals surface area (Å²) >= 11 is 0. The molecule has 0 atom stereocenters. The number of nitro benzene ring substituents is 1. The highest BCUT2D eigenvalue weighted by molar-refractivity contribution is 5.76. The fourth-order valence-corrected chi connectivity index (χ4v) is 4.46. The summed E-state index contributed by atoms with van der Waals surface area (Å²) in [7, 11) is 0. The Bertz CT molecular complexity index is 933. The smallest absolute Gasteiger partial charge is 0.269 e. The first kappa shape index (κ1) is 21.2. The summed E-state index contributed by atoms with van der Waals surface area (Å²) in [6.45, 7) is 4.96. The predicted octanol–water partition coefficient (Wildman–Crippen LogP) is 3.84. The highest BCUT2D eigenvalue weighted by atomic mass is 16.6. The number of benzene rings is 1. The fraction of sp³-hybridized carbons (Fsp3) is 0.522. The van der Waals surface area contributed by atoms with E-state index >= 15 is 0 Å². The molecule has 0 N–H and O–H groups in total. The summed E-state index contributed by atoms with van der Waals surface area (Å²) in [6, 6.07) is 8.34. The zero-order valence-corrected chi connectivity index (χ0v) is 18.0. The molecule has 0 spiro atoms. The van der Waals surface area contributed by atoms with Crippen LogP contribution in [-0.4, -0.2) is 51.9 Å². The third-order valence-corrected chi connectivity index (χ3v) is 6.36. The second-order valence-corrected chi connectivity index (χ2v) is 8.42. The minimum absolute atomic E-state index is 0.0500. The summed E-state index contributed by atoms with van der Waals surface area (Å²) < 4.78 is 0. The van der Waals surface area contributed by atoms with Gasteiger partial charge in [-0.25, -0.2) is 9.97 Å². The molecule has 1 amide bonds. The molecule has 1 aromatic carbocycles. The zero-order chi connectivity index (χ0) is 21.8. The normalized spacial score (nSPS) is 17.2. The lowest BCUT2D eigenvalue weighted by Crippen LogP contribution is -2.49. The largest absolute Gasteiger partial charge is 0.353 e. The van der Waals surface area contributed by atoms with Crippen LogP contribution in [0.5, 0.6) is 0 Å². The summed E-state index contributed by atoms with van der Waals surface area (Å²) in [5.74, 6) is 2.28. The number of rotatable bonds is 6. The lowest BCUT2D eigenvalue weighted by atomic mass is 10.0. The standard InChI is InChI=1S/C23H29N5O3/c1-2-19-16-21(25-23(24-19)18-7-9-20(10-8-18)28(30)31)26-11-13-27(14-12-26)22(29)15-17-5-3-4-6-17/h7-10,16-17H,2-6,11-15H2,1H3. The number of non-ortho nitro benzene ring substituents is 1. The zero-order valence-electron chi connectivity index (χ0n) is 18.0. The summed E-state index contributed by atoms with van der Waals surface area (Å²) in [6.07, 6.45) is 6.37.